The van der Waals surface area contributed by atoms with Crippen LogP contribution in [-0.2, 0) is 6.54 Å². The maximum absolute atomic E-state index is 11.4. The summed E-state index contributed by atoms with van der Waals surface area (Å²) in [5.41, 5.74) is 2.82. The lowest BCUT2D eigenvalue weighted by atomic mass is 9.96. The van der Waals surface area contributed by atoms with E-state index < -0.39 is 6.09 Å². The van der Waals surface area contributed by atoms with Gasteiger partial charge in [-0.05, 0) is 31.4 Å². The third kappa shape index (κ3) is 3.62. The molecule has 1 aromatic carbocycles. The molecule has 8 nitrogen and oxygen atoms in total. The largest absolute Gasteiger partial charge is 0.465 e. The van der Waals surface area contributed by atoms with Crippen molar-refractivity contribution in [3.63, 3.8) is 0 Å². The molecular weight excluding hydrogens is 356 g/mol. The number of imidazole rings is 1. The van der Waals surface area contributed by atoms with E-state index in [4.69, 9.17) is 4.98 Å². The standard InChI is InChI=1S/C20H24N6O2/c1-2-16-11-14(7-10-25(16)20(27)28)23-19-24-17-5-3-4-6-18(17)26(19)13-15-12-21-8-9-22-15/h3-6,8-9,12,14,16H,2,7,10-11,13H2,1H3,(H,23,24)(H,27,28). The summed E-state index contributed by atoms with van der Waals surface area (Å²) in [6, 6.07) is 8.23. The molecule has 0 aliphatic carbocycles. The van der Waals surface area contributed by atoms with Crippen LogP contribution in [0.15, 0.2) is 42.9 Å². The summed E-state index contributed by atoms with van der Waals surface area (Å²) in [5.74, 6) is 0.787. The highest BCUT2D eigenvalue weighted by atomic mass is 16.4. The zero-order valence-electron chi connectivity index (χ0n) is 15.8. The SMILES string of the molecule is CCC1CC(Nc2nc3ccccc3n2Cc2cnccn2)CCN1C(=O)O. The maximum atomic E-state index is 11.4. The van der Waals surface area contributed by atoms with Crippen molar-refractivity contribution >= 4 is 23.1 Å². The van der Waals surface area contributed by atoms with Crippen molar-refractivity contribution < 1.29 is 9.90 Å². The summed E-state index contributed by atoms with van der Waals surface area (Å²) in [4.78, 5) is 26.3. The third-order valence-corrected chi connectivity index (χ3v) is 5.36. The second-order valence-corrected chi connectivity index (χ2v) is 7.11. The molecule has 1 aliphatic heterocycles. The summed E-state index contributed by atoms with van der Waals surface area (Å²) >= 11 is 0. The van der Waals surface area contributed by atoms with E-state index >= 15 is 0 Å². The van der Waals surface area contributed by atoms with Crippen molar-refractivity contribution in [2.24, 2.45) is 0 Å². The highest BCUT2D eigenvalue weighted by molar-refractivity contribution is 5.78. The van der Waals surface area contributed by atoms with Crippen LogP contribution in [0.5, 0.6) is 0 Å². The van der Waals surface area contributed by atoms with Crippen molar-refractivity contribution in [2.45, 2.75) is 44.8 Å². The number of amides is 1. The Kier molecular flexibility index (Phi) is 5.10. The summed E-state index contributed by atoms with van der Waals surface area (Å²) in [5, 5.41) is 13.0. The Balaban J connectivity index is 1.60. The first kappa shape index (κ1) is 18.2. The van der Waals surface area contributed by atoms with Gasteiger partial charge in [-0.1, -0.05) is 19.1 Å². The van der Waals surface area contributed by atoms with Crippen LogP contribution < -0.4 is 5.32 Å². The van der Waals surface area contributed by atoms with Gasteiger partial charge >= 0.3 is 6.09 Å². The molecule has 0 radical (unpaired) electrons. The van der Waals surface area contributed by atoms with Gasteiger partial charge < -0.3 is 19.9 Å². The second-order valence-electron chi connectivity index (χ2n) is 7.11. The minimum Gasteiger partial charge on any atom is -0.465 e. The highest BCUT2D eigenvalue weighted by Crippen LogP contribution is 2.26. The Morgan fingerprint density at radius 2 is 2.18 bits per heavy atom. The third-order valence-electron chi connectivity index (χ3n) is 5.36. The van der Waals surface area contributed by atoms with Crippen molar-refractivity contribution in [1.82, 2.24) is 24.4 Å². The molecule has 146 valence electrons. The monoisotopic (exact) mass is 380 g/mol. The molecule has 2 aromatic heterocycles. The first-order valence-corrected chi connectivity index (χ1v) is 9.62. The van der Waals surface area contributed by atoms with E-state index in [1.54, 1.807) is 23.5 Å². The number of piperidine rings is 1. The van der Waals surface area contributed by atoms with Gasteiger partial charge in [-0.25, -0.2) is 9.78 Å². The molecule has 0 saturated carbocycles. The molecule has 2 unspecified atom stereocenters. The molecular formula is C20H24N6O2. The van der Waals surface area contributed by atoms with Gasteiger partial charge in [0.05, 0.1) is 29.5 Å². The first-order chi connectivity index (χ1) is 13.7. The molecule has 2 atom stereocenters. The molecule has 1 aliphatic rings. The molecule has 3 heterocycles. The minimum absolute atomic E-state index is 0.0292. The fourth-order valence-corrected chi connectivity index (χ4v) is 3.92. The van der Waals surface area contributed by atoms with Crippen molar-refractivity contribution in [3.8, 4) is 0 Å². The smallest absolute Gasteiger partial charge is 0.407 e. The van der Waals surface area contributed by atoms with Gasteiger partial charge in [0.15, 0.2) is 0 Å². The summed E-state index contributed by atoms with van der Waals surface area (Å²) in [6.45, 7) is 3.14. The lowest BCUT2D eigenvalue weighted by Gasteiger charge is -2.37. The Morgan fingerprint density at radius 1 is 1.32 bits per heavy atom. The van der Waals surface area contributed by atoms with Gasteiger partial charge in [-0.3, -0.25) is 9.97 Å². The summed E-state index contributed by atoms with van der Waals surface area (Å²) < 4.78 is 2.11. The number of hydrogen-bond donors (Lipinski definition) is 2. The minimum atomic E-state index is -0.833. The lowest BCUT2D eigenvalue weighted by Crippen LogP contribution is -2.48. The number of nitrogens with one attached hydrogen (secondary N) is 1. The van der Waals surface area contributed by atoms with Crippen LogP contribution in [0.3, 0.4) is 0 Å². The first-order valence-electron chi connectivity index (χ1n) is 9.62. The van der Waals surface area contributed by atoms with Gasteiger partial charge in [-0.15, -0.1) is 0 Å². The van der Waals surface area contributed by atoms with Crippen LogP contribution in [0, 0.1) is 0 Å². The predicted octanol–water partition coefficient (Wildman–Crippen LogP) is 3.21. The van der Waals surface area contributed by atoms with Crippen LogP contribution in [0.25, 0.3) is 11.0 Å². The highest BCUT2D eigenvalue weighted by Gasteiger charge is 2.31. The Morgan fingerprint density at radius 3 is 2.93 bits per heavy atom. The van der Waals surface area contributed by atoms with Crippen LogP contribution in [-0.4, -0.2) is 54.2 Å². The summed E-state index contributed by atoms with van der Waals surface area (Å²) in [7, 11) is 0. The number of nitrogens with zero attached hydrogens (tertiary/aromatic N) is 5. The Labute approximate surface area is 163 Å². The molecule has 3 aromatic rings. The van der Waals surface area contributed by atoms with E-state index in [0.717, 1.165) is 41.9 Å². The molecule has 1 amide bonds. The molecule has 28 heavy (non-hydrogen) atoms. The van der Waals surface area contributed by atoms with Crippen LogP contribution in [0.1, 0.15) is 31.9 Å². The molecule has 0 spiro atoms. The number of likely N-dealkylation sites (tertiary alicyclic amines) is 1. The van der Waals surface area contributed by atoms with Gasteiger partial charge in [0.1, 0.15) is 0 Å². The zero-order chi connectivity index (χ0) is 19.5. The average Bonchev–Trinajstić information content (AvgIpc) is 3.05. The van der Waals surface area contributed by atoms with Crippen molar-refractivity contribution in [2.75, 3.05) is 11.9 Å². The van der Waals surface area contributed by atoms with Gasteiger partial charge in [0.25, 0.3) is 0 Å². The molecule has 1 fully saturated rings. The Hall–Kier alpha value is -3.16. The maximum Gasteiger partial charge on any atom is 0.407 e. The molecule has 0 bridgehead atoms. The van der Waals surface area contributed by atoms with E-state index in [1.165, 1.54) is 0 Å². The number of fused-ring (bicyclic) bond motifs is 1. The van der Waals surface area contributed by atoms with E-state index in [9.17, 15) is 9.90 Å². The fourth-order valence-electron chi connectivity index (χ4n) is 3.92. The number of aromatic nitrogens is 4. The number of carboxylic acid groups (broad SMARTS) is 1. The lowest BCUT2D eigenvalue weighted by molar-refractivity contribution is 0.102. The topological polar surface area (TPSA) is 96.2 Å². The van der Waals surface area contributed by atoms with Gasteiger partial charge in [0.2, 0.25) is 5.95 Å². The number of anilines is 1. The van der Waals surface area contributed by atoms with Crippen LogP contribution in [0.4, 0.5) is 10.7 Å². The molecule has 2 N–H and O–H groups in total. The Bertz CT molecular complexity index is 958. The van der Waals surface area contributed by atoms with Crippen LogP contribution >= 0.6 is 0 Å². The average molecular weight is 380 g/mol. The molecule has 8 heteroatoms. The number of benzene rings is 1. The number of hydrogen-bond acceptors (Lipinski definition) is 5. The summed E-state index contributed by atoms with van der Waals surface area (Å²) in [6.07, 6.45) is 6.62. The van der Waals surface area contributed by atoms with Crippen LogP contribution in [0.2, 0.25) is 0 Å². The van der Waals surface area contributed by atoms with Gasteiger partial charge in [-0.2, -0.15) is 0 Å². The normalized spacial score (nSPS) is 19.7. The van der Waals surface area contributed by atoms with E-state index in [-0.39, 0.29) is 12.1 Å². The number of carbonyl (C=O) groups is 1. The zero-order valence-corrected chi connectivity index (χ0v) is 15.8. The molecule has 4 rings (SSSR count). The van der Waals surface area contributed by atoms with Crippen molar-refractivity contribution in [1.29, 1.82) is 0 Å². The van der Waals surface area contributed by atoms with Crippen molar-refractivity contribution in [3.05, 3.63) is 48.5 Å². The number of para-hydroxylation sites is 2. The second kappa shape index (κ2) is 7.84. The van der Waals surface area contributed by atoms with E-state index in [2.05, 4.69) is 19.9 Å². The predicted molar refractivity (Wildman–Crippen MR) is 106 cm³/mol. The fraction of sp³-hybridized carbons (Fsp3) is 0.400. The molecule has 1 saturated heterocycles. The van der Waals surface area contributed by atoms with E-state index in [1.807, 2.05) is 31.2 Å². The van der Waals surface area contributed by atoms with Gasteiger partial charge in [0, 0.05) is 31.0 Å². The quantitative estimate of drug-likeness (QED) is 0.706. The van der Waals surface area contributed by atoms with E-state index in [0.29, 0.717) is 13.1 Å². The number of rotatable bonds is 5.